The second kappa shape index (κ2) is 6.00. The van der Waals surface area contributed by atoms with Crippen LogP contribution in [0, 0.1) is 5.41 Å². The number of benzene rings is 1. The zero-order valence-electron chi connectivity index (χ0n) is 12.0. The molecule has 4 heteroatoms. The summed E-state index contributed by atoms with van der Waals surface area (Å²) < 4.78 is 0. The molecule has 0 aliphatic heterocycles. The van der Waals surface area contributed by atoms with E-state index in [0.717, 1.165) is 24.1 Å². The van der Waals surface area contributed by atoms with Gasteiger partial charge in [0.15, 0.2) is 0 Å². The van der Waals surface area contributed by atoms with Gasteiger partial charge in [-0.2, -0.15) is 0 Å². The molecule has 3 N–H and O–H groups in total. The predicted molar refractivity (Wildman–Crippen MR) is 88.3 cm³/mol. The molecular formula is C17H20N2OS. The molecule has 110 valence electrons. The molecule has 2 aromatic rings. The van der Waals surface area contributed by atoms with Crippen molar-refractivity contribution in [3.63, 3.8) is 0 Å². The van der Waals surface area contributed by atoms with Gasteiger partial charge in [0.2, 0.25) is 5.91 Å². The molecule has 1 aliphatic rings. The average Bonchev–Trinajstić information content (AvgIpc) is 2.97. The summed E-state index contributed by atoms with van der Waals surface area (Å²) in [6.45, 7) is 0.604. The number of nitrogens with one attached hydrogen (secondary N) is 1. The van der Waals surface area contributed by atoms with E-state index in [-0.39, 0.29) is 11.3 Å². The largest absolute Gasteiger partial charge is 0.330 e. The summed E-state index contributed by atoms with van der Waals surface area (Å²) in [5, 5.41) is 5.12. The molecule has 1 fully saturated rings. The first kappa shape index (κ1) is 14.3. The van der Waals surface area contributed by atoms with Crippen LogP contribution in [0.5, 0.6) is 0 Å². The van der Waals surface area contributed by atoms with Crippen LogP contribution >= 0.6 is 11.3 Å². The van der Waals surface area contributed by atoms with E-state index in [1.165, 1.54) is 11.3 Å². The minimum absolute atomic E-state index is 0.0436. The highest BCUT2D eigenvalue weighted by Crippen LogP contribution is 2.43. The SMILES string of the molecule is NCC1(CC(=O)Nc2ccccc2-c2cccs2)CCC1. The van der Waals surface area contributed by atoms with E-state index >= 15 is 0 Å². The summed E-state index contributed by atoms with van der Waals surface area (Å²) in [6, 6.07) is 12.1. The first-order valence-electron chi connectivity index (χ1n) is 7.35. The third kappa shape index (κ3) is 3.01. The highest BCUT2D eigenvalue weighted by atomic mass is 32.1. The van der Waals surface area contributed by atoms with E-state index < -0.39 is 0 Å². The lowest BCUT2D eigenvalue weighted by molar-refractivity contribution is -0.119. The maximum Gasteiger partial charge on any atom is 0.224 e. The Bertz CT molecular complexity index is 612. The Kier molecular flexibility index (Phi) is 4.08. The maximum absolute atomic E-state index is 12.3. The Morgan fingerprint density at radius 3 is 2.67 bits per heavy atom. The highest BCUT2D eigenvalue weighted by molar-refractivity contribution is 7.13. The summed E-state index contributed by atoms with van der Waals surface area (Å²) in [7, 11) is 0. The molecule has 0 atom stereocenters. The van der Waals surface area contributed by atoms with E-state index in [9.17, 15) is 4.79 Å². The minimum Gasteiger partial charge on any atom is -0.330 e. The Morgan fingerprint density at radius 1 is 1.24 bits per heavy atom. The van der Waals surface area contributed by atoms with Gasteiger partial charge in [-0.05, 0) is 42.3 Å². The number of amides is 1. The van der Waals surface area contributed by atoms with E-state index in [4.69, 9.17) is 5.73 Å². The summed E-state index contributed by atoms with van der Waals surface area (Å²) in [5.41, 5.74) is 7.85. The smallest absolute Gasteiger partial charge is 0.224 e. The summed E-state index contributed by atoms with van der Waals surface area (Å²) in [4.78, 5) is 13.5. The fourth-order valence-corrected chi connectivity index (χ4v) is 3.67. The van der Waals surface area contributed by atoms with Crippen LogP contribution in [0.2, 0.25) is 0 Å². The maximum atomic E-state index is 12.3. The third-order valence-corrected chi connectivity index (χ3v) is 5.27. The van der Waals surface area contributed by atoms with Crippen molar-refractivity contribution in [2.75, 3.05) is 11.9 Å². The topological polar surface area (TPSA) is 55.1 Å². The molecule has 0 saturated heterocycles. The molecule has 21 heavy (non-hydrogen) atoms. The number of hydrogen-bond donors (Lipinski definition) is 2. The molecule has 3 rings (SSSR count). The van der Waals surface area contributed by atoms with E-state index in [2.05, 4.69) is 11.4 Å². The van der Waals surface area contributed by atoms with Crippen molar-refractivity contribution >= 4 is 22.9 Å². The quantitative estimate of drug-likeness (QED) is 0.880. The normalized spacial score (nSPS) is 16.2. The number of hydrogen-bond acceptors (Lipinski definition) is 3. The fraction of sp³-hybridized carbons (Fsp3) is 0.353. The van der Waals surface area contributed by atoms with Gasteiger partial charge in [0, 0.05) is 22.5 Å². The second-order valence-electron chi connectivity index (χ2n) is 5.81. The van der Waals surface area contributed by atoms with Gasteiger partial charge in [0.05, 0.1) is 0 Å². The van der Waals surface area contributed by atoms with Crippen molar-refractivity contribution < 1.29 is 4.79 Å². The van der Waals surface area contributed by atoms with Gasteiger partial charge in [0.25, 0.3) is 0 Å². The lowest BCUT2D eigenvalue weighted by Gasteiger charge is -2.40. The number of thiophene rings is 1. The van der Waals surface area contributed by atoms with Crippen LogP contribution in [0.3, 0.4) is 0 Å². The zero-order chi connectivity index (χ0) is 14.7. The molecule has 0 radical (unpaired) electrons. The Hall–Kier alpha value is -1.65. The number of anilines is 1. The Labute approximate surface area is 129 Å². The number of rotatable bonds is 5. The van der Waals surface area contributed by atoms with E-state index in [1.54, 1.807) is 11.3 Å². The molecule has 1 saturated carbocycles. The van der Waals surface area contributed by atoms with Crippen molar-refractivity contribution in [1.29, 1.82) is 0 Å². The second-order valence-corrected chi connectivity index (χ2v) is 6.75. The predicted octanol–water partition coefficient (Wildman–Crippen LogP) is 3.87. The van der Waals surface area contributed by atoms with Crippen molar-refractivity contribution in [3.05, 3.63) is 41.8 Å². The van der Waals surface area contributed by atoms with Gasteiger partial charge < -0.3 is 11.1 Å². The average molecular weight is 300 g/mol. The van der Waals surface area contributed by atoms with Crippen molar-refractivity contribution in [3.8, 4) is 10.4 Å². The van der Waals surface area contributed by atoms with Crippen LogP contribution in [0.4, 0.5) is 5.69 Å². The van der Waals surface area contributed by atoms with Crippen LogP contribution in [0.15, 0.2) is 41.8 Å². The molecule has 1 amide bonds. The van der Waals surface area contributed by atoms with Gasteiger partial charge in [-0.3, -0.25) is 4.79 Å². The molecule has 1 aromatic carbocycles. The van der Waals surface area contributed by atoms with Crippen LogP contribution in [-0.2, 0) is 4.79 Å². The number of para-hydroxylation sites is 1. The summed E-state index contributed by atoms with van der Waals surface area (Å²) in [6.07, 6.45) is 3.87. The van der Waals surface area contributed by atoms with Crippen LogP contribution in [0.1, 0.15) is 25.7 Å². The summed E-state index contributed by atoms with van der Waals surface area (Å²) in [5.74, 6) is 0.0733. The lowest BCUT2D eigenvalue weighted by atomic mass is 9.66. The van der Waals surface area contributed by atoms with Gasteiger partial charge >= 0.3 is 0 Å². The number of carbonyl (C=O) groups excluding carboxylic acids is 1. The minimum atomic E-state index is 0.0436. The lowest BCUT2D eigenvalue weighted by Crippen LogP contribution is -2.40. The van der Waals surface area contributed by atoms with Gasteiger partial charge in [-0.15, -0.1) is 11.3 Å². The van der Waals surface area contributed by atoms with Crippen molar-refractivity contribution in [2.24, 2.45) is 11.1 Å². The van der Waals surface area contributed by atoms with Crippen LogP contribution in [-0.4, -0.2) is 12.5 Å². The van der Waals surface area contributed by atoms with Crippen LogP contribution < -0.4 is 11.1 Å². The molecule has 0 unspecified atom stereocenters. The van der Waals surface area contributed by atoms with Crippen molar-refractivity contribution in [2.45, 2.75) is 25.7 Å². The highest BCUT2D eigenvalue weighted by Gasteiger charge is 2.37. The van der Waals surface area contributed by atoms with E-state index in [0.29, 0.717) is 13.0 Å². The standard InChI is InChI=1S/C17H20N2OS/c18-12-17(8-4-9-17)11-16(20)19-14-6-2-1-5-13(14)15-7-3-10-21-15/h1-3,5-7,10H,4,8-9,11-12,18H2,(H,19,20). The number of nitrogens with two attached hydrogens (primary N) is 1. The zero-order valence-corrected chi connectivity index (χ0v) is 12.8. The molecule has 1 heterocycles. The van der Waals surface area contributed by atoms with E-state index in [1.807, 2.05) is 35.7 Å². The number of carbonyl (C=O) groups is 1. The van der Waals surface area contributed by atoms with Gasteiger partial charge in [0.1, 0.15) is 0 Å². The monoisotopic (exact) mass is 300 g/mol. The first-order chi connectivity index (χ1) is 10.2. The van der Waals surface area contributed by atoms with Gasteiger partial charge in [-0.25, -0.2) is 0 Å². The van der Waals surface area contributed by atoms with Gasteiger partial charge in [-0.1, -0.05) is 30.7 Å². The fourth-order valence-electron chi connectivity index (χ4n) is 2.90. The van der Waals surface area contributed by atoms with Crippen LogP contribution in [0.25, 0.3) is 10.4 Å². The Morgan fingerprint density at radius 2 is 2.05 bits per heavy atom. The van der Waals surface area contributed by atoms with Crippen molar-refractivity contribution in [1.82, 2.24) is 0 Å². The summed E-state index contributed by atoms with van der Waals surface area (Å²) >= 11 is 1.68. The third-order valence-electron chi connectivity index (χ3n) is 4.37. The molecule has 0 bridgehead atoms. The first-order valence-corrected chi connectivity index (χ1v) is 8.23. The molecule has 1 aromatic heterocycles. The molecular weight excluding hydrogens is 280 g/mol. The molecule has 1 aliphatic carbocycles. The Balaban J connectivity index is 1.75. The molecule has 0 spiro atoms. The molecule has 3 nitrogen and oxygen atoms in total.